The van der Waals surface area contributed by atoms with Crippen molar-refractivity contribution in [1.29, 1.82) is 0 Å². The predicted octanol–water partition coefficient (Wildman–Crippen LogP) is 3.46. The van der Waals surface area contributed by atoms with Gasteiger partial charge in [-0.05, 0) is 50.8 Å². The Morgan fingerprint density at radius 3 is 2.48 bits per heavy atom. The van der Waals surface area contributed by atoms with Crippen LogP contribution in [0.1, 0.15) is 57.4 Å². The van der Waals surface area contributed by atoms with E-state index >= 15 is 0 Å². The molecule has 1 saturated heterocycles. The summed E-state index contributed by atoms with van der Waals surface area (Å²) in [5.74, 6) is -0.140. The minimum Gasteiger partial charge on any atom is -0.331 e. The SMILES string of the molecule is Cc1ccc(NC(=O)C2CCCCC2)c(NC(=O)[C@H](C)N2CCCC2=O)c1. The Labute approximate surface area is 160 Å². The molecule has 1 atom stereocenters. The number of nitrogens with one attached hydrogen (secondary N) is 2. The Hall–Kier alpha value is -2.37. The van der Waals surface area contributed by atoms with Crippen LogP contribution in [0.15, 0.2) is 18.2 Å². The summed E-state index contributed by atoms with van der Waals surface area (Å²) in [5.41, 5.74) is 2.19. The van der Waals surface area contributed by atoms with Crippen LogP contribution < -0.4 is 10.6 Å². The van der Waals surface area contributed by atoms with Crippen molar-refractivity contribution in [2.75, 3.05) is 17.2 Å². The van der Waals surface area contributed by atoms with Gasteiger partial charge in [-0.1, -0.05) is 25.3 Å². The van der Waals surface area contributed by atoms with Gasteiger partial charge >= 0.3 is 0 Å². The summed E-state index contributed by atoms with van der Waals surface area (Å²) in [4.78, 5) is 38.8. The van der Waals surface area contributed by atoms with Gasteiger partial charge in [0.15, 0.2) is 0 Å². The van der Waals surface area contributed by atoms with Crippen LogP contribution in [0, 0.1) is 12.8 Å². The molecule has 1 heterocycles. The van der Waals surface area contributed by atoms with Crippen molar-refractivity contribution in [2.24, 2.45) is 5.92 Å². The van der Waals surface area contributed by atoms with Crippen LogP contribution in [0.4, 0.5) is 11.4 Å². The quantitative estimate of drug-likeness (QED) is 0.832. The topological polar surface area (TPSA) is 78.5 Å². The number of benzene rings is 1. The van der Waals surface area contributed by atoms with Gasteiger partial charge in [-0.3, -0.25) is 14.4 Å². The molecule has 2 N–H and O–H groups in total. The van der Waals surface area contributed by atoms with Gasteiger partial charge in [-0.15, -0.1) is 0 Å². The molecule has 146 valence electrons. The summed E-state index contributed by atoms with van der Waals surface area (Å²) >= 11 is 0. The van der Waals surface area contributed by atoms with Crippen molar-refractivity contribution in [2.45, 2.75) is 64.8 Å². The molecule has 3 amide bonds. The minimum atomic E-state index is -0.526. The number of rotatable bonds is 5. The monoisotopic (exact) mass is 371 g/mol. The van der Waals surface area contributed by atoms with Crippen molar-refractivity contribution < 1.29 is 14.4 Å². The fourth-order valence-corrected chi connectivity index (χ4v) is 3.93. The molecule has 3 rings (SSSR count). The predicted molar refractivity (Wildman–Crippen MR) is 105 cm³/mol. The highest BCUT2D eigenvalue weighted by atomic mass is 16.2. The number of nitrogens with zero attached hydrogens (tertiary/aromatic N) is 1. The van der Waals surface area contributed by atoms with Crippen LogP contribution >= 0.6 is 0 Å². The second kappa shape index (κ2) is 8.55. The Morgan fingerprint density at radius 1 is 1.07 bits per heavy atom. The number of aryl methyl sites for hydroxylation is 1. The first-order valence-electron chi connectivity index (χ1n) is 9.97. The first-order chi connectivity index (χ1) is 13.0. The Bertz CT molecular complexity index is 725. The molecule has 1 aliphatic heterocycles. The highest BCUT2D eigenvalue weighted by Crippen LogP contribution is 2.28. The molecule has 0 spiro atoms. The lowest BCUT2D eigenvalue weighted by Gasteiger charge is -2.25. The van der Waals surface area contributed by atoms with E-state index in [4.69, 9.17) is 0 Å². The molecule has 1 aliphatic carbocycles. The minimum absolute atomic E-state index is 0.0210. The lowest BCUT2D eigenvalue weighted by Crippen LogP contribution is -2.42. The van der Waals surface area contributed by atoms with E-state index in [-0.39, 0.29) is 23.6 Å². The van der Waals surface area contributed by atoms with Crippen LogP contribution in [0.5, 0.6) is 0 Å². The first kappa shape index (κ1) is 19.4. The van der Waals surface area contributed by atoms with E-state index in [1.54, 1.807) is 11.8 Å². The molecular weight excluding hydrogens is 342 g/mol. The van der Waals surface area contributed by atoms with Crippen LogP contribution in [-0.2, 0) is 14.4 Å². The molecule has 1 aromatic rings. The number of amides is 3. The summed E-state index contributed by atoms with van der Waals surface area (Å²) in [7, 11) is 0. The maximum Gasteiger partial charge on any atom is 0.246 e. The van der Waals surface area contributed by atoms with Crippen LogP contribution in [0.2, 0.25) is 0 Å². The van der Waals surface area contributed by atoms with Crippen molar-refractivity contribution in [3.05, 3.63) is 23.8 Å². The fourth-order valence-electron chi connectivity index (χ4n) is 3.93. The standard InChI is InChI=1S/C21H29N3O3/c1-14-10-11-17(22-21(27)16-7-4-3-5-8-16)18(13-14)23-20(26)15(2)24-12-6-9-19(24)25/h10-11,13,15-16H,3-9,12H2,1-2H3,(H,22,27)(H,23,26)/t15-/m0/s1. The van der Waals surface area contributed by atoms with E-state index in [1.807, 2.05) is 25.1 Å². The summed E-state index contributed by atoms with van der Waals surface area (Å²) < 4.78 is 0. The van der Waals surface area contributed by atoms with Gasteiger partial charge in [-0.25, -0.2) is 0 Å². The molecule has 2 aliphatic rings. The summed E-state index contributed by atoms with van der Waals surface area (Å²) in [5, 5.41) is 5.91. The number of likely N-dealkylation sites (tertiary alicyclic amines) is 1. The lowest BCUT2D eigenvalue weighted by atomic mass is 9.88. The van der Waals surface area contributed by atoms with E-state index in [0.717, 1.165) is 37.7 Å². The molecule has 0 aromatic heterocycles. The molecular formula is C21H29N3O3. The van der Waals surface area contributed by atoms with Gasteiger partial charge in [0.1, 0.15) is 6.04 Å². The maximum atomic E-state index is 12.7. The third kappa shape index (κ3) is 4.67. The fraction of sp³-hybridized carbons (Fsp3) is 0.571. The van der Waals surface area contributed by atoms with Gasteiger partial charge in [0.2, 0.25) is 17.7 Å². The van der Waals surface area contributed by atoms with E-state index in [0.29, 0.717) is 24.3 Å². The maximum absolute atomic E-state index is 12.7. The number of hydrogen-bond donors (Lipinski definition) is 2. The lowest BCUT2D eigenvalue weighted by molar-refractivity contribution is -0.134. The molecule has 27 heavy (non-hydrogen) atoms. The van der Waals surface area contributed by atoms with Crippen molar-refractivity contribution in [3.63, 3.8) is 0 Å². The zero-order valence-corrected chi connectivity index (χ0v) is 16.2. The second-order valence-electron chi connectivity index (χ2n) is 7.73. The number of anilines is 2. The zero-order valence-electron chi connectivity index (χ0n) is 16.2. The van der Waals surface area contributed by atoms with E-state index in [2.05, 4.69) is 10.6 Å². The van der Waals surface area contributed by atoms with Crippen molar-refractivity contribution in [3.8, 4) is 0 Å². The highest BCUT2D eigenvalue weighted by molar-refractivity contribution is 6.02. The van der Waals surface area contributed by atoms with E-state index in [1.165, 1.54) is 6.42 Å². The summed E-state index contributed by atoms with van der Waals surface area (Å²) in [6.45, 7) is 4.30. The molecule has 0 radical (unpaired) electrons. The van der Waals surface area contributed by atoms with Gasteiger partial charge in [0.05, 0.1) is 11.4 Å². The molecule has 6 nitrogen and oxygen atoms in total. The third-order valence-electron chi connectivity index (χ3n) is 5.62. The molecule has 0 unspecified atom stereocenters. The van der Waals surface area contributed by atoms with Gasteiger partial charge in [0, 0.05) is 18.9 Å². The second-order valence-corrected chi connectivity index (χ2v) is 7.73. The normalized spacial score (nSPS) is 19.0. The van der Waals surface area contributed by atoms with Gasteiger partial charge < -0.3 is 15.5 Å². The summed E-state index contributed by atoms with van der Waals surface area (Å²) in [6.07, 6.45) is 6.53. The third-order valence-corrected chi connectivity index (χ3v) is 5.62. The Morgan fingerprint density at radius 2 is 1.81 bits per heavy atom. The smallest absolute Gasteiger partial charge is 0.246 e. The molecule has 1 saturated carbocycles. The molecule has 1 aromatic carbocycles. The van der Waals surface area contributed by atoms with Gasteiger partial charge in [0.25, 0.3) is 0 Å². The van der Waals surface area contributed by atoms with Crippen LogP contribution in [0.3, 0.4) is 0 Å². The van der Waals surface area contributed by atoms with Crippen LogP contribution in [-0.4, -0.2) is 35.2 Å². The van der Waals surface area contributed by atoms with Gasteiger partial charge in [-0.2, -0.15) is 0 Å². The molecule has 2 fully saturated rings. The Balaban J connectivity index is 1.70. The highest BCUT2D eigenvalue weighted by Gasteiger charge is 2.30. The Kier molecular flexibility index (Phi) is 6.14. The average molecular weight is 371 g/mol. The van der Waals surface area contributed by atoms with E-state index in [9.17, 15) is 14.4 Å². The number of carbonyl (C=O) groups is 3. The number of carbonyl (C=O) groups excluding carboxylic acids is 3. The van der Waals surface area contributed by atoms with Crippen molar-refractivity contribution in [1.82, 2.24) is 4.90 Å². The largest absolute Gasteiger partial charge is 0.331 e. The first-order valence-corrected chi connectivity index (χ1v) is 9.97. The molecule has 0 bridgehead atoms. The average Bonchev–Trinajstić information content (AvgIpc) is 3.09. The summed E-state index contributed by atoms with van der Waals surface area (Å²) in [6, 6.07) is 5.08. The van der Waals surface area contributed by atoms with Crippen molar-refractivity contribution >= 4 is 29.1 Å². The zero-order chi connectivity index (χ0) is 19.4. The van der Waals surface area contributed by atoms with Crippen LogP contribution in [0.25, 0.3) is 0 Å². The molecule has 6 heteroatoms. The van der Waals surface area contributed by atoms with E-state index < -0.39 is 6.04 Å². The number of hydrogen-bond acceptors (Lipinski definition) is 3.